The lowest BCUT2D eigenvalue weighted by Crippen LogP contribution is -2.47. The smallest absolute Gasteiger partial charge is 0.151 e. The van der Waals surface area contributed by atoms with Crippen LogP contribution in [0, 0.1) is 0 Å². The molecule has 1 atom stereocenters. The zero-order chi connectivity index (χ0) is 23.8. The van der Waals surface area contributed by atoms with Crippen LogP contribution in [0.5, 0.6) is 0 Å². The van der Waals surface area contributed by atoms with Gasteiger partial charge in [0.1, 0.15) is 5.69 Å². The van der Waals surface area contributed by atoms with Gasteiger partial charge in [0.2, 0.25) is 0 Å². The van der Waals surface area contributed by atoms with Crippen LogP contribution in [0.25, 0.3) is 0 Å². The predicted octanol–water partition coefficient (Wildman–Crippen LogP) is 4.59. The van der Waals surface area contributed by atoms with Crippen molar-refractivity contribution in [1.82, 2.24) is 19.8 Å². The molecule has 0 saturated carbocycles. The van der Waals surface area contributed by atoms with Crippen LogP contribution in [0.3, 0.4) is 0 Å². The molecule has 1 aliphatic rings. The van der Waals surface area contributed by atoms with Gasteiger partial charge in [-0.3, -0.25) is 14.9 Å². The number of hydrogen-bond acceptors (Lipinski definition) is 7. The first-order valence-electron chi connectivity index (χ1n) is 11.0. The summed E-state index contributed by atoms with van der Waals surface area (Å²) in [6.45, 7) is 9.62. The molecule has 33 heavy (non-hydrogen) atoms. The average Bonchev–Trinajstić information content (AvgIpc) is 2.83. The maximum atomic E-state index is 6.23. The van der Waals surface area contributed by atoms with E-state index in [1.54, 1.807) is 12.4 Å². The highest BCUT2D eigenvalue weighted by Gasteiger charge is 2.26. The Hall–Kier alpha value is -2.97. The summed E-state index contributed by atoms with van der Waals surface area (Å²) in [4.78, 5) is 20.2. The molecule has 3 rings (SSSR count). The van der Waals surface area contributed by atoms with Gasteiger partial charge in [-0.1, -0.05) is 18.7 Å². The van der Waals surface area contributed by atoms with Gasteiger partial charge in [-0.15, -0.1) is 0 Å². The molecule has 0 aromatic carbocycles. The molecule has 2 aromatic rings. The van der Waals surface area contributed by atoms with E-state index in [1.165, 1.54) is 0 Å². The molecule has 2 aromatic heterocycles. The molecule has 0 aliphatic carbocycles. The van der Waals surface area contributed by atoms with E-state index in [0.717, 1.165) is 47.7 Å². The Labute approximate surface area is 205 Å². The van der Waals surface area contributed by atoms with E-state index in [2.05, 4.69) is 60.3 Å². The first-order chi connectivity index (χ1) is 15.9. The third-order valence-corrected chi connectivity index (χ3v) is 6.28. The Balaban J connectivity index is 1.74. The van der Waals surface area contributed by atoms with Crippen LogP contribution in [-0.2, 0) is 0 Å². The lowest BCUT2D eigenvalue weighted by molar-refractivity contribution is 0.195. The van der Waals surface area contributed by atoms with E-state index in [-0.39, 0.29) is 6.04 Å². The minimum absolute atomic E-state index is 0.276. The van der Waals surface area contributed by atoms with Gasteiger partial charge in [-0.05, 0) is 53.2 Å². The van der Waals surface area contributed by atoms with E-state index in [1.807, 2.05) is 61.6 Å². The molecule has 1 aliphatic heterocycles. The maximum Gasteiger partial charge on any atom is 0.151 e. The SMILES string of the molecule is C=C/C(=C\C=C\C=Nc1c(N)ncc(Br)c1N1CCN(C(C)c2ccccn2)CC1)N(C)C. The Morgan fingerprint density at radius 3 is 2.61 bits per heavy atom. The van der Waals surface area contributed by atoms with Crippen LogP contribution in [0.1, 0.15) is 18.7 Å². The Bertz CT molecular complexity index is 1020. The topological polar surface area (TPSA) is 73.9 Å². The van der Waals surface area contributed by atoms with Crippen molar-refractivity contribution in [2.24, 2.45) is 4.99 Å². The summed E-state index contributed by atoms with van der Waals surface area (Å²) in [6.07, 6.45) is 12.9. The summed E-state index contributed by atoms with van der Waals surface area (Å²) in [5, 5.41) is 0. The monoisotopic (exact) mass is 509 g/mol. The molecular weight excluding hydrogens is 478 g/mol. The van der Waals surface area contributed by atoms with Crippen molar-refractivity contribution in [2.75, 3.05) is 50.9 Å². The third-order valence-electron chi connectivity index (χ3n) is 5.70. The third kappa shape index (κ3) is 6.30. The highest BCUT2D eigenvalue weighted by atomic mass is 79.9. The van der Waals surface area contributed by atoms with Crippen LogP contribution in [0.15, 0.2) is 76.6 Å². The lowest BCUT2D eigenvalue weighted by atomic mass is 10.1. The second-order valence-electron chi connectivity index (χ2n) is 8.00. The molecule has 8 heteroatoms. The number of halogens is 1. The number of nitrogens with zero attached hydrogens (tertiary/aromatic N) is 6. The van der Waals surface area contributed by atoms with Crippen molar-refractivity contribution in [3.05, 3.63) is 77.3 Å². The number of allylic oxidation sites excluding steroid dienone is 4. The fraction of sp³-hybridized carbons (Fsp3) is 0.320. The average molecular weight is 510 g/mol. The maximum absolute atomic E-state index is 6.23. The van der Waals surface area contributed by atoms with Crippen molar-refractivity contribution in [1.29, 1.82) is 0 Å². The molecule has 7 nitrogen and oxygen atoms in total. The van der Waals surface area contributed by atoms with Gasteiger partial charge >= 0.3 is 0 Å². The summed E-state index contributed by atoms with van der Waals surface area (Å²) < 4.78 is 0.889. The zero-order valence-electron chi connectivity index (χ0n) is 19.5. The number of aliphatic imine (C=N–C) groups is 1. The van der Waals surface area contributed by atoms with Gasteiger partial charge in [0, 0.05) is 70.6 Å². The summed E-state index contributed by atoms with van der Waals surface area (Å²) >= 11 is 3.66. The molecule has 1 fully saturated rings. The van der Waals surface area contributed by atoms with Gasteiger partial charge in [0.15, 0.2) is 5.82 Å². The van der Waals surface area contributed by atoms with E-state index >= 15 is 0 Å². The van der Waals surface area contributed by atoms with E-state index in [9.17, 15) is 0 Å². The van der Waals surface area contributed by atoms with Gasteiger partial charge in [0.05, 0.1) is 15.9 Å². The van der Waals surface area contributed by atoms with Crippen molar-refractivity contribution in [3.8, 4) is 0 Å². The second-order valence-corrected chi connectivity index (χ2v) is 8.85. The lowest BCUT2D eigenvalue weighted by Gasteiger charge is -2.39. The highest BCUT2D eigenvalue weighted by molar-refractivity contribution is 9.10. The minimum Gasteiger partial charge on any atom is -0.382 e. The van der Waals surface area contributed by atoms with Crippen LogP contribution in [0.2, 0.25) is 0 Å². The highest BCUT2D eigenvalue weighted by Crippen LogP contribution is 2.39. The number of nitrogens with two attached hydrogens (primary N) is 1. The Morgan fingerprint density at radius 1 is 1.21 bits per heavy atom. The molecule has 174 valence electrons. The quantitative estimate of drug-likeness (QED) is 0.414. The van der Waals surface area contributed by atoms with Crippen LogP contribution >= 0.6 is 15.9 Å². The van der Waals surface area contributed by atoms with Crippen molar-refractivity contribution >= 4 is 39.3 Å². The molecule has 2 N–H and O–H groups in total. The van der Waals surface area contributed by atoms with Gasteiger partial charge in [-0.25, -0.2) is 4.98 Å². The molecule has 0 bridgehead atoms. The molecule has 0 amide bonds. The first kappa shape index (κ1) is 24.7. The fourth-order valence-electron chi connectivity index (χ4n) is 3.78. The summed E-state index contributed by atoms with van der Waals surface area (Å²) in [5.74, 6) is 0.415. The summed E-state index contributed by atoms with van der Waals surface area (Å²) in [7, 11) is 3.96. The number of rotatable bonds is 8. The van der Waals surface area contributed by atoms with E-state index in [0.29, 0.717) is 11.5 Å². The van der Waals surface area contributed by atoms with E-state index < -0.39 is 0 Å². The fourth-order valence-corrected chi connectivity index (χ4v) is 4.32. The van der Waals surface area contributed by atoms with Gasteiger partial charge in [-0.2, -0.15) is 0 Å². The number of aromatic nitrogens is 2. The van der Waals surface area contributed by atoms with Crippen LogP contribution in [0.4, 0.5) is 17.2 Å². The number of hydrogen-bond donors (Lipinski definition) is 1. The Kier molecular flexibility index (Phi) is 8.79. The molecule has 0 radical (unpaired) electrons. The van der Waals surface area contributed by atoms with Crippen LogP contribution < -0.4 is 10.6 Å². The predicted molar refractivity (Wildman–Crippen MR) is 142 cm³/mol. The molecular formula is C25H32BrN7. The number of likely N-dealkylation sites (N-methyl/N-ethyl adjacent to an activating group) is 1. The molecule has 1 unspecified atom stereocenters. The summed E-state index contributed by atoms with van der Waals surface area (Å²) in [5.41, 5.74) is 10.00. The van der Waals surface area contributed by atoms with E-state index in [4.69, 9.17) is 5.73 Å². The Morgan fingerprint density at radius 2 is 1.97 bits per heavy atom. The number of pyridine rings is 2. The minimum atomic E-state index is 0.276. The normalized spacial score (nSPS) is 16.5. The van der Waals surface area contributed by atoms with Gasteiger partial charge < -0.3 is 15.5 Å². The van der Waals surface area contributed by atoms with Crippen molar-refractivity contribution < 1.29 is 0 Å². The molecule has 3 heterocycles. The molecule has 0 spiro atoms. The second kappa shape index (κ2) is 11.8. The number of piperazine rings is 1. The number of anilines is 2. The zero-order valence-corrected chi connectivity index (χ0v) is 21.1. The number of nitrogen functional groups attached to an aromatic ring is 1. The molecule has 1 saturated heterocycles. The van der Waals surface area contributed by atoms with Crippen molar-refractivity contribution in [2.45, 2.75) is 13.0 Å². The standard InChI is InChI=1S/C25H32BrN7/c1-5-20(31(3)4)10-6-8-13-29-23-24(21(26)18-30-25(23)27)33-16-14-32(15-17-33)19(2)22-11-7-9-12-28-22/h5-13,18-19H,1,14-17H2,2-4H3,(H2,27,30)/b8-6+,20-10+,29-13?. The van der Waals surface area contributed by atoms with Gasteiger partial charge in [0.25, 0.3) is 0 Å². The van der Waals surface area contributed by atoms with Crippen molar-refractivity contribution in [3.63, 3.8) is 0 Å². The largest absolute Gasteiger partial charge is 0.382 e. The van der Waals surface area contributed by atoms with Crippen LogP contribution in [-0.4, -0.2) is 66.3 Å². The first-order valence-corrected chi connectivity index (χ1v) is 11.8. The summed E-state index contributed by atoms with van der Waals surface area (Å²) in [6, 6.07) is 6.36.